The second kappa shape index (κ2) is 6.22. The van der Waals surface area contributed by atoms with Gasteiger partial charge in [0.1, 0.15) is 18.2 Å². The van der Waals surface area contributed by atoms with Gasteiger partial charge in [-0.25, -0.2) is 4.39 Å². The first kappa shape index (κ1) is 14.6. The van der Waals surface area contributed by atoms with Crippen LogP contribution in [0.4, 0.5) is 4.39 Å². The van der Waals surface area contributed by atoms with Gasteiger partial charge in [-0.1, -0.05) is 6.07 Å². The Morgan fingerprint density at radius 1 is 1.50 bits per heavy atom. The molecule has 0 spiro atoms. The van der Waals surface area contributed by atoms with Crippen LogP contribution in [0.25, 0.3) is 0 Å². The molecule has 1 fully saturated rings. The van der Waals surface area contributed by atoms with Crippen molar-refractivity contribution in [2.24, 2.45) is 7.05 Å². The van der Waals surface area contributed by atoms with Crippen LogP contribution in [-0.4, -0.2) is 39.4 Å². The van der Waals surface area contributed by atoms with Gasteiger partial charge >= 0.3 is 0 Å². The first-order chi connectivity index (χ1) is 10.7. The minimum Gasteiger partial charge on any atom is -0.368 e. The number of hydrogen-bond acceptors (Lipinski definition) is 5. The fourth-order valence-electron chi connectivity index (χ4n) is 2.62. The van der Waals surface area contributed by atoms with Crippen LogP contribution in [0.1, 0.15) is 23.1 Å². The van der Waals surface area contributed by atoms with E-state index in [9.17, 15) is 4.39 Å². The van der Waals surface area contributed by atoms with Crippen molar-refractivity contribution in [2.75, 3.05) is 19.7 Å². The molecule has 1 aliphatic rings. The molecule has 6 nitrogen and oxygen atoms in total. The number of ether oxygens (including phenoxy) is 1. The maximum absolute atomic E-state index is 13.2. The van der Waals surface area contributed by atoms with E-state index in [0.717, 1.165) is 17.9 Å². The molecule has 2 aromatic rings. The maximum atomic E-state index is 13.2. The van der Waals surface area contributed by atoms with Gasteiger partial charge in [-0.05, 0) is 17.7 Å². The molecule has 0 N–H and O–H groups in total. The molecule has 3 rings (SSSR count). The van der Waals surface area contributed by atoms with Gasteiger partial charge in [0.15, 0.2) is 5.82 Å². The Kier molecular flexibility index (Phi) is 4.13. The van der Waals surface area contributed by atoms with Crippen molar-refractivity contribution < 1.29 is 9.13 Å². The third-order valence-electron chi connectivity index (χ3n) is 3.77. The average Bonchev–Trinajstić information content (AvgIpc) is 2.95. The lowest BCUT2D eigenvalue weighted by molar-refractivity contribution is -0.0385. The molecule has 1 aliphatic heterocycles. The van der Waals surface area contributed by atoms with Gasteiger partial charge in [-0.2, -0.15) is 5.26 Å². The van der Waals surface area contributed by atoms with Crippen molar-refractivity contribution in [3.63, 3.8) is 0 Å². The van der Waals surface area contributed by atoms with E-state index in [1.807, 2.05) is 17.7 Å². The third kappa shape index (κ3) is 2.98. The fourth-order valence-corrected chi connectivity index (χ4v) is 2.62. The smallest absolute Gasteiger partial charge is 0.163 e. The van der Waals surface area contributed by atoms with E-state index < -0.39 is 0 Å². The molecular weight excluding hydrogens is 285 g/mol. The number of halogens is 1. The zero-order valence-electron chi connectivity index (χ0n) is 12.2. The molecule has 0 unspecified atom stereocenters. The van der Waals surface area contributed by atoms with E-state index in [1.165, 1.54) is 12.1 Å². The molecule has 0 bridgehead atoms. The van der Waals surface area contributed by atoms with Gasteiger partial charge in [0.05, 0.1) is 18.2 Å². The van der Waals surface area contributed by atoms with Gasteiger partial charge in [0.25, 0.3) is 0 Å². The summed E-state index contributed by atoms with van der Waals surface area (Å²) in [6.07, 6.45) is 1.50. The number of nitrogens with zero attached hydrogens (tertiary/aromatic N) is 5. The van der Waals surface area contributed by atoms with Crippen molar-refractivity contribution in [2.45, 2.75) is 12.6 Å². The number of nitriles is 1. The zero-order valence-corrected chi connectivity index (χ0v) is 12.2. The Morgan fingerprint density at radius 3 is 3.09 bits per heavy atom. The highest BCUT2D eigenvalue weighted by molar-refractivity contribution is 5.37. The molecule has 1 saturated heterocycles. The van der Waals surface area contributed by atoms with Crippen molar-refractivity contribution >= 4 is 0 Å². The van der Waals surface area contributed by atoms with Crippen molar-refractivity contribution in [3.8, 4) is 6.07 Å². The lowest BCUT2D eigenvalue weighted by atomic mass is 10.1. The highest BCUT2D eigenvalue weighted by Gasteiger charge is 2.25. The van der Waals surface area contributed by atoms with E-state index in [4.69, 9.17) is 10.00 Å². The van der Waals surface area contributed by atoms with E-state index in [-0.39, 0.29) is 11.9 Å². The lowest BCUT2D eigenvalue weighted by Gasteiger charge is -2.32. The first-order valence-corrected chi connectivity index (χ1v) is 7.03. The topological polar surface area (TPSA) is 67.0 Å². The summed E-state index contributed by atoms with van der Waals surface area (Å²) < 4.78 is 20.8. The summed E-state index contributed by atoms with van der Waals surface area (Å²) in [6, 6.07) is 6.38. The standard InChI is InChI=1S/C15H16FN5O/c1-20-10-18-19-15(20)14-9-21(4-5-22-14)8-11-2-3-13(16)6-12(11)7-17/h2-3,6,10,14H,4-5,8-9H2,1H3/t14-/m0/s1. The van der Waals surface area contributed by atoms with Gasteiger partial charge < -0.3 is 9.30 Å². The second-order valence-corrected chi connectivity index (χ2v) is 5.31. The fraction of sp³-hybridized carbons (Fsp3) is 0.400. The summed E-state index contributed by atoms with van der Waals surface area (Å²) in [7, 11) is 1.88. The Labute approximate surface area is 127 Å². The molecule has 0 amide bonds. The number of aryl methyl sites for hydroxylation is 1. The van der Waals surface area contributed by atoms with Gasteiger partial charge in [0.2, 0.25) is 0 Å². The monoisotopic (exact) mass is 301 g/mol. The molecular formula is C15H16FN5O. The summed E-state index contributed by atoms with van der Waals surface area (Å²) in [5.41, 5.74) is 1.20. The molecule has 7 heteroatoms. The second-order valence-electron chi connectivity index (χ2n) is 5.31. The van der Waals surface area contributed by atoms with Crippen LogP contribution >= 0.6 is 0 Å². The van der Waals surface area contributed by atoms with Crippen molar-refractivity contribution in [1.29, 1.82) is 5.26 Å². The Hall–Kier alpha value is -2.30. The number of benzene rings is 1. The van der Waals surface area contributed by atoms with Crippen LogP contribution in [0.3, 0.4) is 0 Å². The van der Waals surface area contributed by atoms with E-state index >= 15 is 0 Å². The molecule has 0 aliphatic carbocycles. The van der Waals surface area contributed by atoms with E-state index in [0.29, 0.717) is 25.3 Å². The lowest BCUT2D eigenvalue weighted by Crippen LogP contribution is -2.38. The van der Waals surface area contributed by atoms with Gasteiger partial charge in [0, 0.05) is 26.7 Å². The molecule has 1 aromatic heterocycles. The largest absolute Gasteiger partial charge is 0.368 e. The Morgan fingerprint density at radius 2 is 2.36 bits per heavy atom. The molecule has 114 valence electrons. The van der Waals surface area contributed by atoms with Crippen molar-refractivity contribution in [1.82, 2.24) is 19.7 Å². The van der Waals surface area contributed by atoms with E-state index in [2.05, 4.69) is 15.1 Å². The quantitative estimate of drug-likeness (QED) is 0.857. The summed E-state index contributed by atoms with van der Waals surface area (Å²) in [4.78, 5) is 2.18. The molecule has 22 heavy (non-hydrogen) atoms. The predicted molar refractivity (Wildman–Crippen MR) is 76.1 cm³/mol. The summed E-state index contributed by atoms with van der Waals surface area (Å²) in [5, 5.41) is 17.1. The van der Waals surface area contributed by atoms with Crippen LogP contribution < -0.4 is 0 Å². The number of hydrogen-bond donors (Lipinski definition) is 0. The maximum Gasteiger partial charge on any atom is 0.163 e. The molecule has 1 atom stereocenters. The van der Waals surface area contributed by atoms with Crippen LogP contribution in [0.15, 0.2) is 24.5 Å². The summed E-state index contributed by atoms with van der Waals surface area (Å²) >= 11 is 0. The average molecular weight is 301 g/mol. The zero-order chi connectivity index (χ0) is 15.5. The normalized spacial score (nSPS) is 19.0. The van der Waals surface area contributed by atoms with Crippen LogP contribution in [0.2, 0.25) is 0 Å². The van der Waals surface area contributed by atoms with Crippen LogP contribution in [0.5, 0.6) is 0 Å². The Bertz CT molecular complexity index is 708. The molecule has 1 aromatic carbocycles. The minimum absolute atomic E-state index is 0.146. The van der Waals surface area contributed by atoms with E-state index in [1.54, 1.807) is 12.4 Å². The molecule has 2 heterocycles. The van der Waals surface area contributed by atoms with Gasteiger partial charge in [-0.3, -0.25) is 4.90 Å². The highest BCUT2D eigenvalue weighted by atomic mass is 19.1. The predicted octanol–water partition coefficient (Wildman–Crippen LogP) is 1.40. The Balaban J connectivity index is 1.74. The summed E-state index contributed by atoms with van der Waals surface area (Å²) in [5.74, 6) is 0.392. The summed E-state index contributed by atoms with van der Waals surface area (Å²) in [6.45, 7) is 2.59. The molecule has 0 saturated carbocycles. The van der Waals surface area contributed by atoms with Crippen LogP contribution in [0, 0.1) is 17.1 Å². The number of morpholine rings is 1. The van der Waals surface area contributed by atoms with Gasteiger partial charge in [-0.15, -0.1) is 10.2 Å². The highest BCUT2D eigenvalue weighted by Crippen LogP contribution is 2.22. The molecule has 0 radical (unpaired) electrons. The SMILES string of the molecule is Cn1cnnc1[C@@H]1CN(Cc2ccc(F)cc2C#N)CCO1. The number of aromatic nitrogens is 3. The van der Waals surface area contributed by atoms with Crippen molar-refractivity contribution in [3.05, 3.63) is 47.3 Å². The minimum atomic E-state index is -0.390. The number of rotatable bonds is 3. The third-order valence-corrected chi connectivity index (χ3v) is 3.77. The first-order valence-electron chi connectivity index (χ1n) is 7.03. The van der Waals surface area contributed by atoms with Crippen LogP contribution in [-0.2, 0) is 18.3 Å².